The third kappa shape index (κ3) is 20.2. The molecule has 16 heteroatoms. The molecule has 0 aliphatic heterocycles. The number of carbonyl (C=O) groups is 3. The van der Waals surface area contributed by atoms with Crippen LogP contribution < -0.4 is 4.72 Å². The number of benzene rings is 1. The van der Waals surface area contributed by atoms with E-state index >= 15 is 0 Å². The summed E-state index contributed by atoms with van der Waals surface area (Å²) in [6.07, 6.45) is -4.81. The topological polar surface area (TPSA) is 79.0 Å². The van der Waals surface area contributed by atoms with Crippen molar-refractivity contribution < 1.29 is 54.2 Å². The number of likely N-dealkylation sites (N-methyl/N-ethyl adjacent to an activating group) is 1. The predicted molar refractivity (Wildman–Crippen MR) is 214 cm³/mol. The van der Waals surface area contributed by atoms with Crippen LogP contribution in [0.2, 0.25) is 0 Å². The lowest BCUT2D eigenvalue weighted by atomic mass is 9.90. The van der Waals surface area contributed by atoms with Crippen LogP contribution in [-0.4, -0.2) is 80.7 Å². The highest BCUT2D eigenvalue weighted by molar-refractivity contribution is 7.78. The van der Waals surface area contributed by atoms with E-state index < -0.39 is 58.6 Å². The molecule has 0 bridgehead atoms. The minimum atomic E-state index is -4.81. The second kappa shape index (κ2) is 26.7. The summed E-state index contributed by atoms with van der Waals surface area (Å²) in [6, 6.07) is 2.65. The lowest BCUT2D eigenvalue weighted by molar-refractivity contribution is -0.137. The number of carbonyl (C=O) groups excluding carboxylic acids is 3. The molecule has 0 saturated carbocycles. The van der Waals surface area contributed by atoms with E-state index in [1.54, 1.807) is 40.0 Å². The molecule has 0 radical (unpaired) electrons. The van der Waals surface area contributed by atoms with E-state index in [-0.39, 0.29) is 36.4 Å². The zero-order valence-electron chi connectivity index (χ0n) is 34.5. The third-order valence-corrected chi connectivity index (χ3v) is 8.11. The Labute approximate surface area is 337 Å². The van der Waals surface area contributed by atoms with E-state index in [0.717, 1.165) is 0 Å². The standard InChI is InChI=1S/C21H21F5O2.C18H30F3N3O2S.C2H6/c1-6-28-18(27)10-9-17(22)20(23)16(11-14(4)21(24,25)26)19-13(3)8-7-12(2)15(19)5;1-13(2)11-16(17(26)22-27)24(5)12-14(7-6-9-23(3)4)15(8-10-25)18(19,20)21;1-2/h7-11H,4,6H2,1-3,5H3;8,10,12-13,16,27H,6-7,9,11H2,1-5H3,(H,22,26);1-2H3/b10-9-,16-11-,20-17+;14-12-,15-8+;. The van der Waals surface area contributed by atoms with Crippen molar-refractivity contribution in [3.05, 3.63) is 99.8 Å². The molecular weight excluding hydrogens is 783 g/mol. The van der Waals surface area contributed by atoms with Crippen molar-refractivity contribution in [1.82, 2.24) is 14.5 Å². The fraction of sp³-hybridized carbons (Fsp3) is 0.488. The van der Waals surface area contributed by atoms with Crippen molar-refractivity contribution in [2.45, 2.75) is 93.0 Å². The van der Waals surface area contributed by atoms with Gasteiger partial charge < -0.3 is 19.3 Å². The molecule has 0 aromatic heterocycles. The summed E-state index contributed by atoms with van der Waals surface area (Å²) in [7, 11) is 5.21. The summed E-state index contributed by atoms with van der Waals surface area (Å²) in [6.45, 7) is 17.8. The van der Waals surface area contributed by atoms with Crippen LogP contribution >= 0.6 is 12.8 Å². The largest absolute Gasteiger partial charge is 0.463 e. The summed E-state index contributed by atoms with van der Waals surface area (Å²) in [5, 5.41) is 0. The van der Waals surface area contributed by atoms with E-state index in [2.05, 4.69) is 28.9 Å². The maximum atomic E-state index is 14.8. The zero-order valence-corrected chi connectivity index (χ0v) is 35.4. The van der Waals surface area contributed by atoms with Crippen molar-refractivity contribution in [2.75, 3.05) is 34.3 Å². The van der Waals surface area contributed by atoms with Crippen LogP contribution in [0.3, 0.4) is 0 Å². The number of nitrogens with one attached hydrogen (secondary N) is 1. The van der Waals surface area contributed by atoms with Gasteiger partial charge in [-0.2, -0.15) is 26.3 Å². The minimum Gasteiger partial charge on any atom is -0.463 e. The van der Waals surface area contributed by atoms with E-state index in [0.29, 0.717) is 60.4 Å². The van der Waals surface area contributed by atoms with Crippen LogP contribution in [0.25, 0.3) is 5.57 Å². The van der Waals surface area contributed by atoms with Gasteiger partial charge in [0.15, 0.2) is 11.7 Å². The quantitative estimate of drug-likeness (QED) is 0.0406. The zero-order chi connectivity index (χ0) is 44.8. The molecule has 7 nitrogen and oxygen atoms in total. The molecule has 57 heavy (non-hydrogen) atoms. The normalized spacial score (nSPS) is 13.6. The van der Waals surface area contributed by atoms with Crippen LogP contribution in [0.5, 0.6) is 0 Å². The number of esters is 1. The highest BCUT2D eigenvalue weighted by Crippen LogP contribution is 2.37. The Kier molecular flexibility index (Phi) is 25.7. The molecule has 1 atom stereocenters. The first-order valence-corrected chi connectivity index (χ1v) is 18.5. The van der Waals surface area contributed by atoms with Crippen LogP contribution in [0.1, 0.15) is 76.1 Å². The Balaban J connectivity index is 0. The first kappa shape index (κ1) is 54.9. The smallest absolute Gasteiger partial charge is 0.416 e. The van der Waals surface area contributed by atoms with Gasteiger partial charge in [-0.05, 0) is 120 Å². The van der Waals surface area contributed by atoms with Gasteiger partial charge >= 0.3 is 18.3 Å². The lowest BCUT2D eigenvalue weighted by Gasteiger charge is -2.28. The molecule has 1 amide bonds. The Hall–Kier alpha value is -4.18. The molecule has 0 heterocycles. The molecule has 0 aliphatic rings. The summed E-state index contributed by atoms with van der Waals surface area (Å²) in [5.41, 5.74) is -1.17. The van der Waals surface area contributed by atoms with E-state index in [9.17, 15) is 49.5 Å². The van der Waals surface area contributed by atoms with Crippen LogP contribution in [0.4, 0.5) is 35.1 Å². The predicted octanol–water partition coefficient (Wildman–Crippen LogP) is 10.6. The average Bonchev–Trinajstić information content (AvgIpc) is 3.12. The maximum Gasteiger partial charge on any atom is 0.416 e. The molecule has 0 saturated heterocycles. The molecule has 0 spiro atoms. The van der Waals surface area contributed by atoms with Crippen molar-refractivity contribution >= 4 is 36.6 Å². The number of hydrogen-bond acceptors (Lipinski definition) is 7. The number of allylic oxidation sites excluding steroid dienone is 9. The third-order valence-electron chi connectivity index (χ3n) is 7.89. The number of hydrogen-bond donors (Lipinski definition) is 2. The Morgan fingerprint density at radius 3 is 1.98 bits per heavy atom. The highest BCUT2D eigenvalue weighted by Gasteiger charge is 2.36. The number of amides is 1. The fourth-order valence-corrected chi connectivity index (χ4v) is 5.17. The molecule has 1 unspecified atom stereocenters. The maximum absolute atomic E-state index is 14.8. The molecule has 322 valence electrons. The van der Waals surface area contributed by atoms with Crippen molar-refractivity contribution in [1.29, 1.82) is 0 Å². The minimum absolute atomic E-state index is 0.0281. The van der Waals surface area contributed by atoms with Gasteiger partial charge in [0.2, 0.25) is 0 Å². The number of halogens is 8. The van der Waals surface area contributed by atoms with E-state index in [1.165, 1.54) is 18.0 Å². The van der Waals surface area contributed by atoms with Gasteiger partial charge in [0.1, 0.15) is 12.3 Å². The number of thiol groups is 1. The molecule has 1 N–H and O–H groups in total. The van der Waals surface area contributed by atoms with Gasteiger partial charge in [-0.15, -0.1) is 0 Å². The van der Waals surface area contributed by atoms with Crippen molar-refractivity contribution in [2.24, 2.45) is 5.92 Å². The van der Waals surface area contributed by atoms with Gasteiger partial charge in [0.05, 0.1) is 12.2 Å². The van der Waals surface area contributed by atoms with E-state index in [1.807, 2.05) is 46.7 Å². The number of ether oxygens (including phenoxy) is 1. The van der Waals surface area contributed by atoms with Gasteiger partial charge in [0, 0.05) is 30.5 Å². The molecule has 0 aliphatic carbocycles. The number of aryl methyl sites for hydroxylation is 2. The molecular formula is C41H57F8N3O4S. The number of alkyl halides is 6. The number of nitrogens with zero attached hydrogens (tertiary/aromatic N) is 2. The van der Waals surface area contributed by atoms with E-state index in [4.69, 9.17) is 0 Å². The van der Waals surface area contributed by atoms with Crippen molar-refractivity contribution in [3.63, 3.8) is 0 Å². The first-order valence-electron chi connectivity index (χ1n) is 18.0. The molecule has 0 fully saturated rings. The number of rotatable bonds is 17. The Bertz CT molecular complexity index is 1640. The second-order valence-electron chi connectivity index (χ2n) is 13.1. The molecule has 1 rings (SSSR count). The van der Waals surface area contributed by atoms with Crippen LogP contribution in [0.15, 0.2) is 77.6 Å². The lowest BCUT2D eigenvalue weighted by Crippen LogP contribution is -2.41. The van der Waals surface area contributed by atoms with Crippen LogP contribution in [-0.2, 0) is 19.1 Å². The fourth-order valence-electron chi connectivity index (χ4n) is 5.02. The number of aldehydes is 1. The second-order valence-corrected chi connectivity index (χ2v) is 13.3. The summed E-state index contributed by atoms with van der Waals surface area (Å²) in [4.78, 5) is 37.5. The van der Waals surface area contributed by atoms with Gasteiger partial charge in [0.25, 0.3) is 5.91 Å². The summed E-state index contributed by atoms with van der Waals surface area (Å²) < 4.78 is 115. The summed E-state index contributed by atoms with van der Waals surface area (Å²) >= 11 is 3.77. The molecule has 1 aromatic rings. The van der Waals surface area contributed by atoms with Gasteiger partial charge in [-0.1, -0.05) is 59.2 Å². The van der Waals surface area contributed by atoms with Gasteiger partial charge in [-0.25, -0.2) is 13.6 Å². The molecule has 1 aromatic carbocycles. The summed E-state index contributed by atoms with van der Waals surface area (Å²) in [5.74, 6) is -4.19. The first-order chi connectivity index (χ1) is 26.3. The SMILES string of the molecule is C=C(\C=C(/C(F)=C(F)/C=C\C(=O)OCC)c1c(C)ccc(C)c1C)C(F)(F)F.CC.CC(C)CC(C(=O)NS)N(C)/C=C(CCCN(C)C)\C(=C/C=O)C(F)(F)F. The Morgan fingerprint density at radius 2 is 1.53 bits per heavy atom. The van der Waals surface area contributed by atoms with Gasteiger partial charge in [-0.3, -0.25) is 9.59 Å². The highest BCUT2D eigenvalue weighted by atomic mass is 32.1. The van der Waals surface area contributed by atoms with Crippen molar-refractivity contribution in [3.8, 4) is 0 Å². The average molecular weight is 840 g/mol. The Morgan fingerprint density at radius 1 is 0.965 bits per heavy atom. The van der Waals surface area contributed by atoms with Crippen LogP contribution in [0, 0.1) is 26.7 Å². The monoisotopic (exact) mass is 839 g/mol.